The number of aliphatic hydroxyl groups is 1. The molecular formula is C14H16BrNO5. The molecule has 1 saturated heterocycles. The number of carbonyl (C=O) groups excluding carboxylic acids is 1. The summed E-state index contributed by atoms with van der Waals surface area (Å²) in [6, 6.07) is 5.99. The fraction of sp³-hybridized carbons (Fsp3) is 0.429. The van der Waals surface area contributed by atoms with Crippen molar-refractivity contribution in [1.29, 1.82) is 0 Å². The van der Waals surface area contributed by atoms with Crippen molar-refractivity contribution >= 4 is 27.8 Å². The molecule has 1 heterocycles. The van der Waals surface area contributed by atoms with Crippen LogP contribution in [0.3, 0.4) is 0 Å². The van der Waals surface area contributed by atoms with Gasteiger partial charge in [-0.25, -0.2) is 4.79 Å². The lowest BCUT2D eigenvalue weighted by atomic mass is 10.2. The third kappa shape index (κ3) is 3.74. The number of ether oxygens (including phenoxy) is 1. The molecule has 0 aromatic heterocycles. The summed E-state index contributed by atoms with van der Waals surface area (Å²) in [4.78, 5) is 24.6. The van der Waals surface area contributed by atoms with E-state index in [1.807, 2.05) is 0 Å². The van der Waals surface area contributed by atoms with Crippen molar-refractivity contribution in [2.45, 2.75) is 31.6 Å². The summed E-state index contributed by atoms with van der Waals surface area (Å²) in [6.07, 6.45) is -1.58. The zero-order valence-electron chi connectivity index (χ0n) is 11.4. The van der Waals surface area contributed by atoms with Gasteiger partial charge in [-0.1, -0.05) is 15.9 Å². The molecule has 0 bridgehead atoms. The summed E-state index contributed by atoms with van der Waals surface area (Å²) in [5.74, 6) is -1.04. The van der Waals surface area contributed by atoms with E-state index < -0.39 is 30.1 Å². The molecule has 1 aliphatic heterocycles. The fourth-order valence-electron chi connectivity index (χ4n) is 2.29. The highest BCUT2D eigenvalue weighted by Crippen LogP contribution is 2.22. The van der Waals surface area contributed by atoms with Gasteiger partial charge in [0.2, 0.25) is 0 Å². The standard InChI is InChI=1S/C14H16BrNO5/c1-8(21-11-4-2-9(15)3-5-11)13(18)16-7-10(17)6-12(16)14(19)20/h2-5,8,10,12,17H,6-7H2,1H3,(H,19,20)/t8?,10-,12+/m1/s1. The number of rotatable bonds is 4. The molecule has 6 nitrogen and oxygen atoms in total. The van der Waals surface area contributed by atoms with Crippen molar-refractivity contribution in [1.82, 2.24) is 4.90 Å². The van der Waals surface area contributed by atoms with Gasteiger partial charge in [-0.05, 0) is 31.2 Å². The SMILES string of the molecule is CC(Oc1ccc(Br)cc1)C(=O)N1C[C@H](O)C[C@H]1C(=O)O. The highest BCUT2D eigenvalue weighted by Gasteiger charge is 2.40. The summed E-state index contributed by atoms with van der Waals surface area (Å²) < 4.78 is 6.41. The lowest BCUT2D eigenvalue weighted by molar-refractivity contribution is -0.150. The largest absolute Gasteiger partial charge is 0.481 e. The summed E-state index contributed by atoms with van der Waals surface area (Å²) in [7, 11) is 0. The van der Waals surface area contributed by atoms with Crippen LogP contribution in [0, 0.1) is 0 Å². The number of benzene rings is 1. The van der Waals surface area contributed by atoms with Crippen LogP contribution in [0.4, 0.5) is 0 Å². The minimum absolute atomic E-state index is 0.0177. The number of nitrogens with zero attached hydrogens (tertiary/aromatic N) is 1. The molecule has 0 saturated carbocycles. The molecule has 0 radical (unpaired) electrons. The first-order valence-corrected chi connectivity index (χ1v) is 7.31. The van der Waals surface area contributed by atoms with Crippen LogP contribution in [0.5, 0.6) is 5.75 Å². The summed E-state index contributed by atoms with van der Waals surface area (Å²) in [5, 5.41) is 18.7. The highest BCUT2D eigenvalue weighted by molar-refractivity contribution is 9.10. The Labute approximate surface area is 130 Å². The van der Waals surface area contributed by atoms with E-state index in [2.05, 4.69) is 15.9 Å². The minimum atomic E-state index is -1.12. The topological polar surface area (TPSA) is 87.1 Å². The number of halogens is 1. The van der Waals surface area contributed by atoms with Crippen LogP contribution >= 0.6 is 15.9 Å². The van der Waals surface area contributed by atoms with Gasteiger partial charge in [-0.2, -0.15) is 0 Å². The lowest BCUT2D eigenvalue weighted by Gasteiger charge is -2.25. The maximum atomic E-state index is 12.3. The van der Waals surface area contributed by atoms with E-state index in [0.717, 1.165) is 9.37 Å². The first kappa shape index (κ1) is 15.8. The van der Waals surface area contributed by atoms with Gasteiger partial charge in [0, 0.05) is 17.4 Å². The number of aliphatic carboxylic acids is 1. The second-order valence-electron chi connectivity index (χ2n) is 4.95. The van der Waals surface area contributed by atoms with E-state index in [1.165, 1.54) is 0 Å². The molecule has 7 heteroatoms. The molecule has 0 aliphatic carbocycles. The lowest BCUT2D eigenvalue weighted by Crippen LogP contribution is -2.46. The van der Waals surface area contributed by atoms with Gasteiger partial charge in [-0.15, -0.1) is 0 Å². The van der Waals surface area contributed by atoms with Crippen molar-refractivity contribution in [3.05, 3.63) is 28.7 Å². The first-order valence-electron chi connectivity index (χ1n) is 6.52. The van der Waals surface area contributed by atoms with E-state index in [9.17, 15) is 14.7 Å². The quantitative estimate of drug-likeness (QED) is 0.846. The van der Waals surface area contributed by atoms with Crippen LogP contribution in [0.1, 0.15) is 13.3 Å². The summed E-state index contributed by atoms with van der Waals surface area (Å²) in [6.45, 7) is 1.58. The van der Waals surface area contributed by atoms with Crippen molar-refractivity contribution < 1.29 is 24.5 Å². The second kappa shape index (κ2) is 6.44. The van der Waals surface area contributed by atoms with Crippen LogP contribution in [-0.4, -0.2) is 51.8 Å². The number of carbonyl (C=O) groups is 2. The number of likely N-dealkylation sites (tertiary alicyclic amines) is 1. The number of hydrogen-bond acceptors (Lipinski definition) is 4. The first-order chi connectivity index (χ1) is 9.88. The number of carboxylic acids is 1. The predicted octanol–water partition coefficient (Wildman–Crippen LogP) is 1.26. The van der Waals surface area contributed by atoms with Crippen LogP contribution in [0.25, 0.3) is 0 Å². The van der Waals surface area contributed by atoms with Crippen LogP contribution < -0.4 is 4.74 Å². The molecule has 114 valence electrons. The third-order valence-corrected chi connectivity index (χ3v) is 3.85. The average Bonchev–Trinajstić information content (AvgIpc) is 2.82. The van der Waals surface area contributed by atoms with Crippen molar-refractivity contribution in [3.63, 3.8) is 0 Å². The number of amides is 1. The molecule has 2 rings (SSSR count). The molecule has 1 aromatic rings. The normalized spacial score (nSPS) is 22.9. The maximum Gasteiger partial charge on any atom is 0.326 e. The molecule has 1 amide bonds. The Morgan fingerprint density at radius 3 is 2.57 bits per heavy atom. The van der Waals surface area contributed by atoms with Crippen molar-refractivity contribution in [2.24, 2.45) is 0 Å². The summed E-state index contributed by atoms with van der Waals surface area (Å²) >= 11 is 3.30. The molecule has 1 fully saturated rings. The average molecular weight is 358 g/mol. The smallest absolute Gasteiger partial charge is 0.326 e. The molecular weight excluding hydrogens is 342 g/mol. The van der Waals surface area contributed by atoms with Gasteiger partial charge in [0.15, 0.2) is 6.10 Å². The molecule has 1 unspecified atom stereocenters. The molecule has 1 aliphatic rings. The Kier molecular flexibility index (Phi) is 4.84. The molecule has 1 aromatic carbocycles. The van der Waals surface area contributed by atoms with E-state index in [0.29, 0.717) is 5.75 Å². The Bertz CT molecular complexity index is 533. The van der Waals surface area contributed by atoms with Crippen molar-refractivity contribution in [3.8, 4) is 5.75 Å². The Morgan fingerprint density at radius 2 is 2.00 bits per heavy atom. The van der Waals surface area contributed by atoms with Gasteiger partial charge in [0.05, 0.1) is 6.10 Å². The maximum absolute atomic E-state index is 12.3. The van der Waals surface area contributed by atoms with Gasteiger partial charge < -0.3 is 19.8 Å². The fourth-order valence-corrected chi connectivity index (χ4v) is 2.56. The number of β-amino-alcohol motifs (C(OH)–C–C–N with tert-alkyl or cyclic N) is 1. The zero-order chi connectivity index (χ0) is 15.6. The second-order valence-corrected chi connectivity index (χ2v) is 5.86. The number of carboxylic acid groups (broad SMARTS) is 1. The Morgan fingerprint density at radius 1 is 1.38 bits per heavy atom. The molecule has 2 N–H and O–H groups in total. The van der Waals surface area contributed by atoms with Crippen LogP contribution in [-0.2, 0) is 9.59 Å². The highest BCUT2D eigenvalue weighted by atomic mass is 79.9. The van der Waals surface area contributed by atoms with E-state index in [4.69, 9.17) is 9.84 Å². The van der Waals surface area contributed by atoms with Crippen molar-refractivity contribution in [2.75, 3.05) is 6.54 Å². The number of aliphatic hydroxyl groups excluding tert-OH is 1. The predicted molar refractivity (Wildman–Crippen MR) is 78.0 cm³/mol. The minimum Gasteiger partial charge on any atom is -0.481 e. The van der Waals surface area contributed by atoms with Gasteiger partial charge in [0.25, 0.3) is 5.91 Å². The summed E-state index contributed by atoms with van der Waals surface area (Å²) in [5.41, 5.74) is 0. The molecule has 3 atom stereocenters. The Hall–Kier alpha value is -1.60. The van der Waals surface area contributed by atoms with E-state index in [1.54, 1.807) is 31.2 Å². The van der Waals surface area contributed by atoms with E-state index >= 15 is 0 Å². The van der Waals surface area contributed by atoms with Gasteiger partial charge >= 0.3 is 5.97 Å². The van der Waals surface area contributed by atoms with Gasteiger partial charge in [-0.3, -0.25) is 4.79 Å². The molecule has 21 heavy (non-hydrogen) atoms. The Balaban J connectivity index is 2.04. The monoisotopic (exact) mass is 357 g/mol. The number of hydrogen-bond donors (Lipinski definition) is 2. The van der Waals surface area contributed by atoms with Gasteiger partial charge in [0.1, 0.15) is 11.8 Å². The molecule has 0 spiro atoms. The van der Waals surface area contributed by atoms with E-state index in [-0.39, 0.29) is 13.0 Å². The zero-order valence-corrected chi connectivity index (χ0v) is 13.0. The van der Waals surface area contributed by atoms with Crippen LogP contribution in [0.15, 0.2) is 28.7 Å². The third-order valence-electron chi connectivity index (χ3n) is 3.32. The van der Waals surface area contributed by atoms with Crippen LogP contribution in [0.2, 0.25) is 0 Å².